The van der Waals surface area contributed by atoms with Gasteiger partial charge >= 0.3 is 5.69 Å². The van der Waals surface area contributed by atoms with Crippen LogP contribution >= 0.6 is 0 Å². The fourth-order valence-corrected chi connectivity index (χ4v) is 2.89. The molecule has 2 atom stereocenters. The molecule has 2 aromatic rings. The van der Waals surface area contributed by atoms with Gasteiger partial charge in [-0.15, -0.1) is 0 Å². The molecule has 4 N–H and O–H groups in total. The Balaban J connectivity index is 1.92. The molecule has 1 fully saturated rings. The maximum atomic E-state index is 12.0. The smallest absolute Gasteiger partial charge is 0.331 e. The van der Waals surface area contributed by atoms with Gasteiger partial charge in [-0.1, -0.05) is 12.8 Å². The third-order valence-corrected chi connectivity index (χ3v) is 4.28. The van der Waals surface area contributed by atoms with Crippen molar-refractivity contribution in [3.05, 3.63) is 50.6 Å². The number of aliphatic imine (C=N–C) groups is 1. The van der Waals surface area contributed by atoms with Crippen LogP contribution in [0.4, 0.5) is 0 Å². The van der Waals surface area contributed by atoms with E-state index in [0.29, 0.717) is 5.76 Å². The van der Waals surface area contributed by atoms with Gasteiger partial charge in [0.2, 0.25) is 5.88 Å². The number of hydrogen-bond donors (Lipinski definition) is 3. The Morgan fingerprint density at radius 3 is 2.92 bits per heavy atom. The molecule has 1 saturated carbocycles. The Morgan fingerprint density at radius 2 is 2.21 bits per heavy atom. The van der Waals surface area contributed by atoms with Gasteiger partial charge in [0.1, 0.15) is 11.3 Å². The Labute approximate surface area is 137 Å². The Kier molecular flexibility index (Phi) is 4.66. The minimum absolute atomic E-state index is 0.0121. The summed E-state index contributed by atoms with van der Waals surface area (Å²) in [6.45, 7) is 0.0121. The number of H-pyrrole nitrogens is 1. The van der Waals surface area contributed by atoms with Crippen molar-refractivity contribution in [3.8, 4) is 5.88 Å². The molecule has 2 aromatic heterocycles. The van der Waals surface area contributed by atoms with Crippen molar-refractivity contribution in [2.75, 3.05) is 0 Å². The number of aromatic hydroxyl groups is 1. The zero-order valence-corrected chi connectivity index (χ0v) is 13.1. The van der Waals surface area contributed by atoms with Crippen LogP contribution in [0.25, 0.3) is 0 Å². The van der Waals surface area contributed by atoms with E-state index in [0.717, 1.165) is 30.3 Å². The van der Waals surface area contributed by atoms with E-state index >= 15 is 0 Å². The lowest BCUT2D eigenvalue weighted by molar-refractivity contribution is 0.385. The summed E-state index contributed by atoms with van der Waals surface area (Å²) < 4.78 is 6.20. The van der Waals surface area contributed by atoms with Crippen molar-refractivity contribution in [1.82, 2.24) is 9.55 Å². The first-order chi connectivity index (χ1) is 11.6. The quantitative estimate of drug-likeness (QED) is 0.706. The summed E-state index contributed by atoms with van der Waals surface area (Å²) >= 11 is 0. The summed E-state index contributed by atoms with van der Waals surface area (Å²) in [5, 5.41) is 10.3. The minimum atomic E-state index is -0.708. The first-order valence-electron chi connectivity index (χ1n) is 7.93. The Hall–Kier alpha value is -2.61. The largest absolute Gasteiger partial charge is 0.494 e. The molecule has 0 saturated heterocycles. The van der Waals surface area contributed by atoms with Crippen LogP contribution in [0.5, 0.6) is 5.88 Å². The van der Waals surface area contributed by atoms with Crippen molar-refractivity contribution >= 4 is 6.21 Å². The lowest BCUT2D eigenvalue weighted by Crippen LogP contribution is -2.36. The molecule has 1 aliphatic carbocycles. The molecule has 2 heterocycles. The van der Waals surface area contributed by atoms with Crippen LogP contribution in [-0.2, 0) is 6.54 Å². The van der Waals surface area contributed by atoms with Gasteiger partial charge in [0.25, 0.3) is 5.56 Å². The van der Waals surface area contributed by atoms with Crippen LogP contribution < -0.4 is 17.0 Å². The first kappa shape index (κ1) is 16.3. The molecule has 8 heteroatoms. The van der Waals surface area contributed by atoms with E-state index < -0.39 is 17.1 Å². The summed E-state index contributed by atoms with van der Waals surface area (Å²) in [5.41, 5.74) is 4.59. The minimum Gasteiger partial charge on any atom is -0.494 e. The van der Waals surface area contributed by atoms with Gasteiger partial charge in [-0.25, -0.2) is 4.79 Å². The fraction of sp³-hybridized carbons (Fsp3) is 0.438. The van der Waals surface area contributed by atoms with E-state index in [4.69, 9.17) is 10.2 Å². The van der Waals surface area contributed by atoms with Gasteiger partial charge in [0.05, 0.1) is 18.8 Å². The summed E-state index contributed by atoms with van der Waals surface area (Å²) in [7, 11) is 0. The molecule has 0 bridgehead atoms. The number of furan rings is 1. The van der Waals surface area contributed by atoms with Crippen molar-refractivity contribution in [2.24, 2.45) is 10.7 Å². The number of aromatic amines is 1. The van der Waals surface area contributed by atoms with Gasteiger partial charge in [-0.05, 0) is 25.0 Å². The summed E-state index contributed by atoms with van der Waals surface area (Å²) in [6.07, 6.45) is 6.63. The van der Waals surface area contributed by atoms with Crippen molar-refractivity contribution in [1.29, 1.82) is 0 Å². The van der Waals surface area contributed by atoms with Crippen LogP contribution in [0.1, 0.15) is 37.0 Å². The molecule has 0 aromatic carbocycles. The molecule has 128 valence electrons. The van der Waals surface area contributed by atoms with Crippen molar-refractivity contribution < 1.29 is 9.52 Å². The van der Waals surface area contributed by atoms with E-state index in [9.17, 15) is 14.7 Å². The Bertz CT molecular complexity index is 835. The molecule has 0 amide bonds. The van der Waals surface area contributed by atoms with Crippen LogP contribution in [0.2, 0.25) is 0 Å². The highest BCUT2D eigenvalue weighted by Crippen LogP contribution is 2.20. The second-order valence-electron chi connectivity index (χ2n) is 5.96. The van der Waals surface area contributed by atoms with Gasteiger partial charge in [0, 0.05) is 12.3 Å². The zero-order valence-electron chi connectivity index (χ0n) is 13.1. The summed E-state index contributed by atoms with van der Waals surface area (Å²) in [4.78, 5) is 30.5. The van der Waals surface area contributed by atoms with Crippen LogP contribution in [-0.4, -0.2) is 33.0 Å². The third kappa shape index (κ3) is 3.33. The van der Waals surface area contributed by atoms with Crippen LogP contribution in [0.3, 0.4) is 0 Å². The van der Waals surface area contributed by atoms with Gasteiger partial charge in [-0.3, -0.25) is 19.3 Å². The highest BCUT2D eigenvalue weighted by molar-refractivity contribution is 5.82. The zero-order chi connectivity index (χ0) is 17.1. The van der Waals surface area contributed by atoms with E-state index in [2.05, 4.69) is 9.98 Å². The summed E-state index contributed by atoms with van der Waals surface area (Å²) in [6, 6.07) is 3.22. The highest BCUT2D eigenvalue weighted by Gasteiger charge is 2.21. The monoisotopic (exact) mass is 332 g/mol. The average Bonchev–Trinajstić information content (AvgIpc) is 3.06. The average molecular weight is 332 g/mol. The molecule has 1 aliphatic rings. The van der Waals surface area contributed by atoms with Gasteiger partial charge < -0.3 is 15.3 Å². The second-order valence-corrected chi connectivity index (χ2v) is 5.96. The highest BCUT2D eigenvalue weighted by atomic mass is 16.3. The molecule has 24 heavy (non-hydrogen) atoms. The molecule has 8 nitrogen and oxygen atoms in total. The Morgan fingerprint density at radius 1 is 1.42 bits per heavy atom. The summed E-state index contributed by atoms with van der Waals surface area (Å²) in [5.74, 6) is 0.0462. The SMILES string of the molecule is N[C@H]1CCCC[C@@H]1N=Cc1c(O)n(Cc2ccco2)c(=O)[nH]c1=O. The third-order valence-electron chi connectivity index (χ3n) is 4.28. The number of aromatic nitrogens is 2. The topological polar surface area (TPSA) is 127 Å². The molecular formula is C16H20N4O4. The van der Waals surface area contributed by atoms with E-state index in [1.165, 1.54) is 12.5 Å². The predicted octanol–water partition coefficient (Wildman–Crippen LogP) is 0.572. The van der Waals surface area contributed by atoms with Crippen LogP contribution in [0.15, 0.2) is 37.4 Å². The van der Waals surface area contributed by atoms with E-state index in [1.807, 2.05) is 0 Å². The standard InChI is InChI=1S/C16H20N4O4/c17-12-5-1-2-6-13(12)18-8-11-14(21)19-16(23)20(15(11)22)9-10-4-3-7-24-10/h3-4,7-8,12-13,22H,1-2,5-6,9,17H2,(H,19,21,23)/t12-,13-/m0/s1. The van der Waals surface area contributed by atoms with Gasteiger partial charge in [-0.2, -0.15) is 0 Å². The molecule has 0 radical (unpaired) electrons. The molecule has 0 spiro atoms. The number of nitrogens with two attached hydrogens (primary N) is 1. The van der Waals surface area contributed by atoms with Crippen LogP contribution in [0, 0.1) is 0 Å². The number of nitrogens with one attached hydrogen (secondary N) is 1. The van der Waals surface area contributed by atoms with Crippen molar-refractivity contribution in [2.45, 2.75) is 44.3 Å². The van der Waals surface area contributed by atoms with E-state index in [-0.39, 0.29) is 24.2 Å². The lowest BCUT2D eigenvalue weighted by Gasteiger charge is -2.24. The van der Waals surface area contributed by atoms with E-state index in [1.54, 1.807) is 12.1 Å². The maximum absolute atomic E-state index is 12.0. The van der Waals surface area contributed by atoms with Gasteiger partial charge in [0.15, 0.2) is 0 Å². The maximum Gasteiger partial charge on any atom is 0.331 e. The van der Waals surface area contributed by atoms with Crippen molar-refractivity contribution in [3.63, 3.8) is 0 Å². The molecule has 0 unspecified atom stereocenters. The predicted molar refractivity (Wildman–Crippen MR) is 88.6 cm³/mol. The second kappa shape index (κ2) is 6.88. The lowest BCUT2D eigenvalue weighted by atomic mass is 9.91. The first-order valence-corrected chi connectivity index (χ1v) is 7.93. The molecule has 3 rings (SSSR count). The fourth-order valence-electron chi connectivity index (χ4n) is 2.89. The number of rotatable bonds is 4. The number of nitrogens with zero attached hydrogens (tertiary/aromatic N) is 2. The normalized spacial score (nSPS) is 21.4. The molecular weight excluding hydrogens is 312 g/mol. The number of hydrogen-bond acceptors (Lipinski definition) is 6. The molecule has 0 aliphatic heterocycles.